The van der Waals surface area contributed by atoms with E-state index >= 15 is 0 Å². The molecule has 0 amide bonds. The molecule has 0 aromatic rings. The van der Waals surface area contributed by atoms with Crippen molar-refractivity contribution in [2.24, 2.45) is 4.74 Å². The lowest BCUT2D eigenvalue weighted by atomic mass is 10.3. The Bertz CT molecular complexity index is 515. The molecule has 0 aromatic heterocycles. The molecule has 0 bridgehead atoms. The summed E-state index contributed by atoms with van der Waals surface area (Å²) in [5.41, 5.74) is 0. The molecule has 7 nitrogen and oxygen atoms in total. The minimum atomic E-state index is -2.05. The molecule has 3 heterocycles. The van der Waals surface area contributed by atoms with Gasteiger partial charge < -0.3 is 19.1 Å². The molecule has 0 aromatic carbocycles. The van der Waals surface area contributed by atoms with Gasteiger partial charge in [0.15, 0.2) is 5.11 Å². The van der Waals surface area contributed by atoms with Crippen LogP contribution in [-0.2, 0) is 14.2 Å². The second-order valence-electron chi connectivity index (χ2n) is 7.85. The average molecular weight is 405 g/mol. The fourth-order valence-electron chi connectivity index (χ4n) is 3.91. The van der Waals surface area contributed by atoms with Crippen molar-refractivity contribution in [2.45, 2.75) is 25.9 Å². The SMILES string of the molecule is CC(C)(C)P(=NC(=S)N1CCOCC1)(N1CCOCC1)N1CCOCC1. The van der Waals surface area contributed by atoms with Gasteiger partial charge in [-0.05, 0) is 12.2 Å². The summed E-state index contributed by atoms with van der Waals surface area (Å²) in [6, 6.07) is 0. The van der Waals surface area contributed by atoms with Gasteiger partial charge in [0, 0.05) is 44.4 Å². The summed E-state index contributed by atoms with van der Waals surface area (Å²) in [6.07, 6.45) is 0. The first kappa shape index (κ1) is 20.6. The minimum Gasteiger partial charge on any atom is -0.379 e. The first-order valence-electron chi connectivity index (χ1n) is 9.60. The van der Waals surface area contributed by atoms with Gasteiger partial charge in [-0.1, -0.05) is 20.8 Å². The van der Waals surface area contributed by atoms with Gasteiger partial charge >= 0.3 is 0 Å². The third kappa shape index (κ3) is 4.32. The standard InChI is InChI=1S/C17H33N4O3PS/c1-17(2,3)25(20-6-12-23-13-7-20,21-8-14-24-15-9-21)18-16(26)19-4-10-22-11-5-19/h4-15H2,1-3H3. The lowest BCUT2D eigenvalue weighted by Crippen LogP contribution is -2.49. The van der Waals surface area contributed by atoms with E-state index in [4.69, 9.17) is 31.2 Å². The van der Waals surface area contributed by atoms with Crippen LogP contribution in [0.25, 0.3) is 0 Å². The Morgan fingerprint density at radius 2 is 1.15 bits per heavy atom. The van der Waals surface area contributed by atoms with Crippen LogP contribution < -0.4 is 0 Å². The maximum Gasteiger partial charge on any atom is 0.196 e. The highest BCUT2D eigenvalue weighted by Crippen LogP contribution is 2.66. The second kappa shape index (κ2) is 8.95. The molecule has 0 radical (unpaired) electrons. The van der Waals surface area contributed by atoms with Crippen LogP contribution in [0.5, 0.6) is 0 Å². The van der Waals surface area contributed by atoms with Crippen LogP contribution in [0, 0.1) is 0 Å². The van der Waals surface area contributed by atoms with Crippen molar-refractivity contribution < 1.29 is 14.2 Å². The van der Waals surface area contributed by atoms with Crippen molar-refractivity contribution in [1.82, 2.24) is 14.2 Å². The number of ether oxygens (including phenoxy) is 3. The lowest BCUT2D eigenvalue weighted by molar-refractivity contribution is 0.0548. The molecule has 3 aliphatic rings. The molecular weight excluding hydrogens is 371 g/mol. The zero-order valence-electron chi connectivity index (χ0n) is 16.4. The summed E-state index contributed by atoms with van der Waals surface area (Å²) in [5.74, 6) is 0. The Morgan fingerprint density at radius 3 is 1.54 bits per heavy atom. The predicted octanol–water partition coefficient (Wildman–Crippen LogP) is 2.10. The summed E-state index contributed by atoms with van der Waals surface area (Å²) in [7, 11) is -2.05. The van der Waals surface area contributed by atoms with Crippen LogP contribution in [0.15, 0.2) is 4.74 Å². The summed E-state index contributed by atoms with van der Waals surface area (Å²) in [6.45, 7) is 16.8. The fraction of sp³-hybridized carbons (Fsp3) is 0.941. The topological polar surface area (TPSA) is 49.8 Å². The van der Waals surface area contributed by atoms with Crippen LogP contribution >= 0.6 is 19.6 Å². The Morgan fingerprint density at radius 1 is 0.769 bits per heavy atom. The Hall–Kier alpha value is -0.0800. The van der Waals surface area contributed by atoms with E-state index in [0.29, 0.717) is 0 Å². The van der Waals surface area contributed by atoms with Gasteiger partial charge in [-0.2, -0.15) is 0 Å². The highest BCUT2D eigenvalue weighted by Gasteiger charge is 2.46. The zero-order valence-corrected chi connectivity index (χ0v) is 18.1. The van der Waals surface area contributed by atoms with E-state index < -0.39 is 7.36 Å². The first-order valence-corrected chi connectivity index (χ1v) is 11.7. The van der Waals surface area contributed by atoms with Crippen LogP contribution in [0.2, 0.25) is 0 Å². The highest BCUT2D eigenvalue weighted by molar-refractivity contribution is 7.81. The van der Waals surface area contributed by atoms with Crippen LogP contribution in [0.4, 0.5) is 0 Å². The summed E-state index contributed by atoms with van der Waals surface area (Å²) in [4.78, 5) is 2.21. The van der Waals surface area contributed by atoms with E-state index in [1.165, 1.54) is 0 Å². The number of nitrogens with zero attached hydrogens (tertiary/aromatic N) is 4. The molecule has 0 saturated carbocycles. The van der Waals surface area contributed by atoms with Crippen molar-refractivity contribution in [3.8, 4) is 0 Å². The van der Waals surface area contributed by atoms with Crippen molar-refractivity contribution in [3.05, 3.63) is 0 Å². The summed E-state index contributed by atoms with van der Waals surface area (Å²) in [5, 5.41) is 0.743. The van der Waals surface area contributed by atoms with Crippen LogP contribution in [0.1, 0.15) is 20.8 Å². The maximum atomic E-state index is 5.85. The number of rotatable bonds is 2. The van der Waals surface area contributed by atoms with Crippen molar-refractivity contribution in [2.75, 3.05) is 78.9 Å². The predicted molar refractivity (Wildman–Crippen MR) is 109 cm³/mol. The molecule has 3 fully saturated rings. The largest absolute Gasteiger partial charge is 0.379 e. The van der Waals surface area contributed by atoms with Gasteiger partial charge in [-0.3, -0.25) is 9.34 Å². The van der Waals surface area contributed by atoms with E-state index in [1.807, 2.05) is 0 Å². The fourth-order valence-corrected chi connectivity index (χ4v) is 8.85. The second-order valence-corrected chi connectivity index (χ2v) is 12.0. The van der Waals surface area contributed by atoms with Gasteiger partial charge in [-0.25, -0.2) is 4.74 Å². The van der Waals surface area contributed by atoms with E-state index in [-0.39, 0.29) is 5.16 Å². The normalized spacial score (nSPS) is 24.5. The molecule has 9 heteroatoms. The molecule has 3 aliphatic heterocycles. The van der Waals surface area contributed by atoms with Crippen molar-refractivity contribution in [3.63, 3.8) is 0 Å². The summed E-state index contributed by atoms with van der Waals surface area (Å²) < 4.78 is 27.3. The van der Waals surface area contributed by atoms with Crippen LogP contribution in [0.3, 0.4) is 0 Å². The smallest absolute Gasteiger partial charge is 0.196 e. The van der Waals surface area contributed by atoms with Gasteiger partial charge in [0.2, 0.25) is 0 Å². The Kier molecular flexibility index (Phi) is 7.11. The van der Waals surface area contributed by atoms with Gasteiger partial charge in [-0.15, -0.1) is 0 Å². The number of hydrogen-bond donors (Lipinski definition) is 0. The highest BCUT2D eigenvalue weighted by atomic mass is 32.1. The van der Waals surface area contributed by atoms with Crippen molar-refractivity contribution in [1.29, 1.82) is 0 Å². The molecule has 0 aliphatic carbocycles. The molecular formula is C17H33N4O3PS. The third-order valence-corrected chi connectivity index (χ3v) is 10.3. The number of hydrogen-bond acceptors (Lipinski definition) is 4. The van der Waals surface area contributed by atoms with Gasteiger partial charge in [0.1, 0.15) is 7.36 Å². The Labute approximate surface area is 163 Å². The van der Waals surface area contributed by atoms with Crippen LogP contribution in [-0.4, -0.2) is 103 Å². The quantitative estimate of drug-likeness (QED) is 0.516. The van der Waals surface area contributed by atoms with E-state index in [1.54, 1.807) is 0 Å². The zero-order chi connectivity index (χ0) is 18.6. The third-order valence-electron chi connectivity index (χ3n) is 5.17. The number of morpholine rings is 3. The maximum absolute atomic E-state index is 5.85. The Balaban J connectivity index is 2.02. The molecule has 0 atom stereocenters. The van der Waals surface area contributed by atoms with E-state index in [0.717, 1.165) is 84.0 Å². The molecule has 3 saturated heterocycles. The molecule has 0 spiro atoms. The molecule has 3 rings (SSSR count). The monoisotopic (exact) mass is 404 g/mol. The molecule has 0 N–H and O–H groups in total. The minimum absolute atomic E-state index is 0.00196. The average Bonchev–Trinajstić information content (AvgIpc) is 2.67. The molecule has 26 heavy (non-hydrogen) atoms. The van der Waals surface area contributed by atoms with E-state index in [2.05, 4.69) is 35.0 Å². The van der Waals surface area contributed by atoms with Crippen molar-refractivity contribution >= 4 is 24.7 Å². The van der Waals surface area contributed by atoms with Gasteiger partial charge in [0.05, 0.1) is 39.6 Å². The number of thiocarbonyl (C=S) groups is 1. The van der Waals surface area contributed by atoms with Gasteiger partial charge in [0.25, 0.3) is 0 Å². The summed E-state index contributed by atoms with van der Waals surface area (Å²) >= 11 is 5.85. The molecule has 0 unspecified atom stereocenters. The lowest BCUT2D eigenvalue weighted by Gasteiger charge is -2.53. The molecule has 150 valence electrons. The first-order chi connectivity index (χ1) is 12.4. The van der Waals surface area contributed by atoms with E-state index in [9.17, 15) is 0 Å².